The van der Waals surface area contributed by atoms with Crippen LogP contribution in [0.3, 0.4) is 0 Å². The zero-order chi connectivity index (χ0) is 15.5. The number of carbonyl (C=O) groups is 2. The van der Waals surface area contributed by atoms with Gasteiger partial charge in [-0.25, -0.2) is 4.79 Å². The van der Waals surface area contributed by atoms with Gasteiger partial charge >= 0.3 is 5.97 Å². The average molecular weight is 292 g/mol. The summed E-state index contributed by atoms with van der Waals surface area (Å²) in [6.07, 6.45) is 16.3. The highest BCUT2D eigenvalue weighted by Gasteiger charge is 2.32. The van der Waals surface area contributed by atoms with Gasteiger partial charge in [-0.05, 0) is 44.4 Å². The monoisotopic (exact) mass is 292 g/mol. The molecule has 0 aromatic heterocycles. The van der Waals surface area contributed by atoms with Crippen LogP contribution in [0.5, 0.6) is 0 Å². The summed E-state index contributed by atoms with van der Waals surface area (Å²) in [5.41, 5.74) is 0. The van der Waals surface area contributed by atoms with E-state index >= 15 is 0 Å². The van der Waals surface area contributed by atoms with Crippen LogP contribution in [0, 0.1) is 11.8 Å². The molecular weight excluding hydrogens is 264 g/mol. The normalized spacial score (nSPS) is 22.6. The van der Waals surface area contributed by atoms with Gasteiger partial charge in [0.05, 0.1) is 0 Å². The first-order valence-corrected chi connectivity index (χ1v) is 8.22. The maximum atomic E-state index is 11.9. The lowest BCUT2D eigenvalue weighted by molar-refractivity contribution is -0.131. The fraction of sp³-hybridized carbons (Fsp3) is 0.667. The molecule has 0 spiro atoms. The van der Waals surface area contributed by atoms with E-state index in [1.807, 2.05) is 0 Å². The first kappa shape index (κ1) is 17.7. The predicted molar refractivity (Wildman–Crippen MR) is 85.1 cm³/mol. The van der Waals surface area contributed by atoms with Gasteiger partial charge in [0, 0.05) is 18.4 Å². The summed E-state index contributed by atoms with van der Waals surface area (Å²) in [6.45, 7) is 2.11. The molecule has 1 saturated carbocycles. The van der Waals surface area contributed by atoms with Crippen molar-refractivity contribution < 1.29 is 14.7 Å². The topological polar surface area (TPSA) is 54.4 Å². The number of carbonyl (C=O) groups excluding carboxylic acids is 1. The first-order chi connectivity index (χ1) is 10.1. The Kier molecular flexibility index (Phi) is 8.72. The summed E-state index contributed by atoms with van der Waals surface area (Å²) in [5, 5.41) is 8.48. The zero-order valence-corrected chi connectivity index (χ0v) is 13.1. The molecule has 1 aliphatic rings. The van der Waals surface area contributed by atoms with Gasteiger partial charge in [-0.2, -0.15) is 0 Å². The molecular formula is C18H28O3. The van der Waals surface area contributed by atoms with E-state index in [1.54, 1.807) is 6.08 Å². The average Bonchev–Trinajstić information content (AvgIpc) is 2.79. The summed E-state index contributed by atoms with van der Waals surface area (Å²) in [5.74, 6) is 0.390. The highest BCUT2D eigenvalue weighted by atomic mass is 16.4. The van der Waals surface area contributed by atoms with Crippen molar-refractivity contribution in [3.8, 4) is 0 Å². The van der Waals surface area contributed by atoms with Crippen molar-refractivity contribution in [3.63, 3.8) is 0 Å². The number of hydrogen-bond donors (Lipinski definition) is 1. The summed E-state index contributed by atoms with van der Waals surface area (Å²) >= 11 is 0. The molecule has 2 atom stereocenters. The standard InChI is InChI=1S/C18H28O3/c1-2-3-7-11-16-15(13-14-17(16)19)10-8-5-4-6-9-12-18(20)21/h3,7,9,12,15-16H,2,4-6,8,10-11,13-14H2,1H3,(H,20,21)/b7-3-,12-9-/t15-,16-/m0/s1. The number of unbranched alkanes of at least 4 members (excludes halogenated alkanes) is 3. The van der Waals surface area contributed by atoms with Crippen molar-refractivity contribution in [2.75, 3.05) is 0 Å². The first-order valence-electron chi connectivity index (χ1n) is 8.22. The molecule has 21 heavy (non-hydrogen) atoms. The number of rotatable bonds is 10. The van der Waals surface area contributed by atoms with Crippen molar-refractivity contribution in [1.29, 1.82) is 0 Å². The molecule has 118 valence electrons. The zero-order valence-electron chi connectivity index (χ0n) is 13.1. The van der Waals surface area contributed by atoms with Crippen LogP contribution in [0.15, 0.2) is 24.3 Å². The molecule has 0 aliphatic heterocycles. The van der Waals surface area contributed by atoms with Crippen LogP contribution in [0.2, 0.25) is 0 Å². The second kappa shape index (κ2) is 10.4. The molecule has 0 amide bonds. The van der Waals surface area contributed by atoms with Gasteiger partial charge in [0.1, 0.15) is 5.78 Å². The van der Waals surface area contributed by atoms with E-state index in [1.165, 1.54) is 6.08 Å². The lowest BCUT2D eigenvalue weighted by Gasteiger charge is -2.16. The highest BCUT2D eigenvalue weighted by Crippen LogP contribution is 2.35. The molecule has 1 N–H and O–H groups in total. The quantitative estimate of drug-likeness (QED) is 0.365. The number of carboxylic acids is 1. The van der Waals surface area contributed by atoms with E-state index in [0.717, 1.165) is 57.8 Å². The Morgan fingerprint density at radius 2 is 2.05 bits per heavy atom. The van der Waals surface area contributed by atoms with E-state index in [-0.39, 0.29) is 5.92 Å². The number of carboxylic acid groups (broad SMARTS) is 1. The Bertz CT molecular complexity index is 382. The van der Waals surface area contributed by atoms with Crippen LogP contribution < -0.4 is 0 Å². The van der Waals surface area contributed by atoms with Crippen molar-refractivity contribution in [1.82, 2.24) is 0 Å². The van der Waals surface area contributed by atoms with Crippen LogP contribution in [-0.2, 0) is 9.59 Å². The summed E-state index contributed by atoms with van der Waals surface area (Å²) in [4.78, 5) is 22.2. The molecule has 0 radical (unpaired) electrons. The van der Waals surface area contributed by atoms with Gasteiger partial charge in [0.15, 0.2) is 0 Å². The van der Waals surface area contributed by atoms with Gasteiger partial charge in [-0.15, -0.1) is 0 Å². The molecule has 0 saturated heterocycles. The third-order valence-corrected chi connectivity index (χ3v) is 4.24. The molecule has 0 aromatic carbocycles. The molecule has 3 heteroatoms. The van der Waals surface area contributed by atoms with Crippen molar-refractivity contribution in [3.05, 3.63) is 24.3 Å². The lowest BCUT2D eigenvalue weighted by Crippen LogP contribution is -2.14. The van der Waals surface area contributed by atoms with E-state index < -0.39 is 5.97 Å². The predicted octanol–water partition coefficient (Wildman–Crippen LogP) is 4.53. The third-order valence-electron chi connectivity index (χ3n) is 4.24. The molecule has 0 bridgehead atoms. The summed E-state index contributed by atoms with van der Waals surface area (Å²) in [7, 11) is 0. The van der Waals surface area contributed by atoms with E-state index in [4.69, 9.17) is 5.11 Å². The van der Waals surface area contributed by atoms with Gasteiger partial charge < -0.3 is 5.11 Å². The number of hydrogen-bond acceptors (Lipinski definition) is 2. The smallest absolute Gasteiger partial charge is 0.327 e. The molecule has 3 nitrogen and oxygen atoms in total. The Morgan fingerprint density at radius 1 is 1.24 bits per heavy atom. The van der Waals surface area contributed by atoms with Crippen LogP contribution >= 0.6 is 0 Å². The Labute approximate surface area is 128 Å². The van der Waals surface area contributed by atoms with Crippen LogP contribution in [0.1, 0.15) is 64.7 Å². The minimum absolute atomic E-state index is 0.250. The number of ketones is 1. The molecule has 0 unspecified atom stereocenters. The minimum atomic E-state index is -0.873. The molecule has 0 aromatic rings. The van der Waals surface area contributed by atoms with Gasteiger partial charge in [0.25, 0.3) is 0 Å². The summed E-state index contributed by atoms with van der Waals surface area (Å²) in [6, 6.07) is 0. The Morgan fingerprint density at radius 3 is 2.76 bits per heavy atom. The lowest BCUT2D eigenvalue weighted by atomic mass is 9.87. The van der Waals surface area contributed by atoms with Crippen LogP contribution in [0.4, 0.5) is 0 Å². The van der Waals surface area contributed by atoms with Crippen LogP contribution in [0.25, 0.3) is 0 Å². The molecule has 1 rings (SSSR count). The SMILES string of the molecule is CC/C=C\C[C@@H]1C(=O)CC[C@@H]1CCCCC/C=C\C(=O)O. The van der Waals surface area contributed by atoms with E-state index in [9.17, 15) is 9.59 Å². The number of Topliss-reactive ketones (excluding diaryl/α,β-unsaturated/α-hetero) is 1. The maximum absolute atomic E-state index is 11.9. The van der Waals surface area contributed by atoms with E-state index in [0.29, 0.717) is 11.7 Å². The Balaban J connectivity index is 2.19. The van der Waals surface area contributed by atoms with Crippen LogP contribution in [-0.4, -0.2) is 16.9 Å². The van der Waals surface area contributed by atoms with Crippen molar-refractivity contribution in [2.45, 2.75) is 64.7 Å². The van der Waals surface area contributed by atoms with E-state index in [2.05, 4.69) is 19.1 Å². The fourth-order valence-corrected chi connectivity index (χ4v) is 3.09. The minimum Gasteiger partial charge on any atom is -0.478 e. The van der Waals surface area contributed by atoms with Gasteiger partial charge in [-0.1, -0.05) is 38.0 Å². The summed E-state index contributed by atoms with van der Waals surface area (Å²) < 4.78 is 0. The van der Waals surface area contributed by atoms with Gasteiger partial charge in [0.2, 0.25) is 0 Å². The second-order valence-corrected chi connectivity index (χ2v) is 5.87. The Hall–Kier alpha value is -1.38. The number of allylic oxidation sites excluding steroid dienone is 3. The largest absolute Gasteiger partial charge is 0.478 e. The van der Waals surface area contributed by atoms with Crippen molar-refractivity contribution >= 4 is 11.8 Å². The molecule has 0 heterocycles. The molecule has 1 aliphatic carbocycles. The second-order valence-electron chi connectivity index (χ2n) is 5.87. The number of aliphatic carboxylic acids is 1. The fourth-order valence-electron chi connectivity index (χ4n) is 3.09. The third kappa shape index (κ3) is 7.26. The molecule has 1 fully saturated rings. The van der Waals surface area contributed by atoms with Gasteiger partial charge in [-0.3, -0.25) is 4.79 Å². The maximum Gasteiger partial charge on any atom is 0.327 e. The highest BCUT2D eigenvalue weighted by molar-refractivity contribution is 5.83. The van der Waals surface area contributed by atoms with Crippen molar-refractivity contribution in [2.24, 2.45) is 11.8 Å².